The number of para-hydroxylation sites is 1. The lowest BCUT2D eigenvalue weighted by atomic mass is 9.98. The quantitative estimate of drug-likeness (QED) is 0.177. The fraction of sp³-hybridized carbons (Fsp3) is 0.364. The molecule has 39 heavy (non-hydrogen) atoms. The van der Waals surface area contributed by atoms with Crippen LogP contribution in [-0.4, -0.2) is 31.4 Å². The first kappa shape index (κ1) is 28.8. The molecular formula is C33H43N3O2Si. The van der Waals surface area contributed by atoms with Gasteiger partial charge in [-0.05, 0) is 59.6 Å². The summed E-state index contributed by atoms with van der Waals surface area (Å²) in [5, 5.41) is 4.46. The molecule has 3 aromatic carbocycles. The van der Waals surface area contributed by atoms with Crippen molar-refractivity contribution < 1.29 is 9.22 Å². The van der Waals surface area contributed by atoms with Gasteiger partial charge in [0.2, 0.25) is 5.91 Å². The van der Waals surface area contributed by atoms with Crippen molar-refractivity contribution in [3.63, 3.8) is 0 Å². The van der Waals surface area contributed by atoms with Crippen LogP contribution in [0.4, 0.5) is 0 Å². The Hall–Kier alpha value is -3.19. The van der Waals surface area contributed by atoms with Crippen molar-refractivity contribution in [3.05, 3.63) is 108 Å². The predicted octanol–water partition coefficient (Wildman–Crippen LogP) is 7.11. The highest BCUT2D eigenvalue weighted by Gasteiger charge is 2.40. The number of carbonyl (C=O) groups is 1. The molecule has 3 atom stereocenters. The molecule has 5 nitrogen and oxygen atoms in total. The van der Waals surface area contributed by atoms with Crippen LogP contribution in [0.1, 0.15) is 56.5 Å². The molecule has 0 fully saturated rings. The lowest BCUT2D eigenvalue weighted by molar-refractivity contribution is -0.122. The van der Waals surface area contributed by atoms with E-state index in [1.54, 1.807) is 0 Å². The summed E-state index contributed by atoms with van der Waals surface area (Å²) >= 11 is 0. The Bertz CT molecular complexity index is 1310. The number of hydrogen-bond acceptors (Lipinski definition) is 3. The lowest BCUT2D eigenvalue weighted by Gasteiger charge is -2.41. The largest absolute Gasteiger partial charge is 0.412 e. The van der Waals surface area contributed by atoms with E-state index < -0.39 is 8.32 Å². The second-order valence-electron chi connectivity index (χ2n) is 12.0. The third-order valence-corrected chi connectivity index (χ3v) is 12.5. The molecule has 1 heterocycles. The van der Waals surface area contributed by atoms with Crippen LogP contribution in [-0.2, 0) is 15.6 Å². The highest BCUT2D eigenvalue weighted by molar-refractivity contribution is 6.74. The number of aromatic amines is 1. The van der Waals surface area contributed by atoms with Gasteiger partial charge in [0.25, 0.3) is 0 Å². The van der Waals surface area contributed by atoms with Gasteiger partial charge < -0.3 is 20.5 Å². The van der Waals surface area contributed by atoms with E-state index >= 15 is 0 Å². The topological polar surface area (TPSA) is 80.1 Å². The minimum Gasteiger partial charge on any atom is -0.412 e. The van der Waals surface area contributed by atoms with Crippen molar-refractivity contribution >= 4 is 25.1 Å². The van der Waals surface area contributed by atoms with Crippen molar-refractivity contribution in [1.29, 1.82) is 0 Å². The van der Waals surface area contributed by atoms with E-state index in [-0.39, 0.29) is 29.1 Å². The maximum atomic E-state index is 13.5. The number of amides is 1. The molecule has 0 aliphatic heterocycles. The Balaban J connectivity index is 1.51. The SMILES string of the molecule is CC(C)(C)[Si](C)(C)O[C@@H](CCC(=O)NC(c1ccccc1)c1cc2ccccc2[nH]1)[C@@H](N)Cc1ccccc1. The fourth-order valence-electron chi connectivity index (χ4n) is 4.68. The van der Waals surface area contributed by atoms with Crippen LogP contribution < -0.4 is 11.1 Å². The first-order valence-corrected chi connectivity index (χ1v) is 16.8. The van der Waals surface area contributed by atoms with Crippen LogP contribution in [0.5, 0.6) is 0 Å². The monoisotopic (exact) mass is 541 g/mol. The summed E-state index contributed by atoms with van der Waals surface area (Å²) in [6.45, 7) is 11.2. The van der Waals surface area contributed by atoms with Crippen LogP contribution in [0.25, 0.3) is 10.9 Å². The van der Waals surface area contributed by atoms with E-state index in [9.17, 15) is 4.79 Å². The van der Waals surface area contributed by atoms with Crippen LogP contribution in [0.2, 0.25) is 18.1 Å². The van der Waals surface area contributed by atoms with Gasteiger partial charge in [0.05, 0.1) is 12.1 Å². The standard InChI is InChI=1S/C33H43N3O2Si/c1-33(2,3)39(4,5)38-30(27(34)22-24-14-8-6-9-15-24)20-21-31(37)36-32(25-16-10-7-11-17-25)29-23-26-18-12-13-19-28(26)35-29/h6-19,23,27,30,32,35H,20-22,34H2,1-5H3,(H,36,37)/t27-,30-,32?/m0/s1. The van der Waals surface area contributed by atoms with Crippen molar-refractivity contribution in [3.8, 4) is 0 Å². The first-order chi connectivity index (χ1) is 18.5. The molecule has 4 rings (SSSR count). The second kappa shape index (κ2) is 12.3. The summed E-state index contributed by atoms with van der Waals surface area (Å²) in [7, 11) is -2.09. The number of aromatic nitrogens is 1. The molecule has 0 aliphatic rings. The number of H-pyrrole nitrogens is 1. The number of nitrogens with one attached hydrogen (secondary N) is 2. The first-order valence-electron chi connectivity index (χ1n) is 13.9. The molecule has 1 aromatic heterocycles. The summed E-state index contributed by atoms with van der Waals surface area (Å²) < 4.78 is 6.83. The molecule has 0 saturated carbocycles. The van der Waals surface area contributed by atoms with Gasteiger partial charge in [-0.2, -0.15) is 0 Å². The molecular weight excluding hydrogens is 498 g/mol. The zero-order valence-corrected chi connectivity index (χ0v) is 24.9. The van der Waals surface area contributed by atoms with E-state index in [1.165, 1.54) is 5.56 Å². The molecule has 0 radical (unpaired) electrons. The van der Waals surface area contributed by atoms with E-state index in [1.807, 2.05) is 48.5 Å². The minimum atomic E-state index is -2.09. The zero-order valence-electron chi connectivity index (χ0n) is 23.9. The Morgan fingerprint density at radius 3 is 2.21 bits per heavy atom. The lowest BCUT2D eigenvalue weighted by Crippen LogP contribution is -2.50. The maximum Gasteiger partial charge on any atom is 0.220 e. The number of hydrogen-bond donors (Lipinski definition) is 3. The zero-order chi connectivity index (χ0) is 28.0. The Morgan fingerprint density at radius 1 is 0.949 bits per heavy atom. The van der Waals surface area contributed by atoms with Gasteiger partial charge in [-0.1, -0.05) is 99.6 Å². The van der Waals surface area contributed by atoms with Gasteiger partial charge in [-0.25, -0.2) is 0 Å². The molecule has 0 aliphatic carbocycles. The Kier molecular flexibility index (Phi) is 9.11. The highest BCUT2D eigenvalue weighted by atomic mass is 28.4. The van der Waals surface area contributed by atoms with E-state index in [0.29, 0.717) is 19.3 Å². The molecule has 1 amide bonds. The van der Waals surface area contributed by atoms with Gasteiger partial charge in [-0.3, -0.25) is 4.79 Å². The summed E-state index contributed by atoms with van der Waals surface area (Å²) in [5.74, 6) is -0.0155. The van der Waals surface area contributed by atoms with Gasteiger partial charge in [0.15, 0.2) is 8.32 Å². The Labute approximate surface area is 234 Å². The summed E-state index contributed by atoms with van der Waals surface area (Å²) in [4.78, 5) is 17.0. The smallest absolute Gasteiger partial charge is 0.220 e. The highest BCUT2D eigenvalue weighted by Crippen LogP contribution is 2.38. The average molecular weight is 542 g/mol. The number of fused-ring (bicyclic) bond motifs is 1. The summed E-state index contributed by atoms with van der Waals surface area (Å²) in [6.07, 6.45) is 1.41. The van der Waals surface area contributed by atoms with Gasteiger partial charge >= 0.3 is 0 Å². The number of benzene rings is 3. The number of rotatable bonds is 11. The van der Waals surface area contributed by atoms with Crippen LogP contribution in [0.3, 0.4) is 0 Å². The van der Waals surface area contributed by atoms with Crippen molar-refractivity contribution in [2.24, 2.45) is 5.73 Å². The molecule has 4 N–H and O–H groups in total. The van der Waals surface area contributed by atoms with E-state index in [0.717, 1.165) is 22.2 Å². The fourth-order valence-corrected chi connectivity index (χ4v) is 6.08. The number of nitrogens with two attached hydrogens (primary N) is 1. The van der Waals surface area contributed by atoms with E-state index in [2.05, 4.69) is 86.6 Å². The molecule has 4 aromatic rings. The normalized spacial score (nSPS) is 14.6. The minimum absolute atomic E-state index is 0.0155. The third kappa shape index (κ3) is 7.47. The van der Waals surface area contributed by atoms with Gasteiger partial charge in [-0.15, -0.1) is 0 Å². The summed E-state index contributed by atoms with van der Waals surface area (Å²) in [6, 6.07) is 30.2. The van der Waals surface area contributed by atoms with Crippen LogP contribution in [0.15, 0.2) is 91.0 Å². The summed E-state index contributed by atoms with van der Waals surface area (Å²) in [5.41, 5.74) is 11.0. The molecule has 0 saturated heterocycles. The second-order valence-corrected chi connectivity index (χ2v) is 16.8. The molecule has 0 bridgehead atoms. The molecule has 0 spiro atoms. The van der Waals surface area contributed by atoms with Crippen molar-refractivity contribution in [2.45, 2.75) is 76.4 Å². The molecule has 6 heteroatoms. The van der Waals surface area contributed by atoms with Crippen molar-refractivity contribution in [1.82, 2.24) is 10.3 Å². The van der Waals surface area contributed by atoms with Crippen LogP contribution in [0, 0.1) is 0 Å². The molecule has 1 unspecified atom stereocenters. The van der Waals surface area contributed by atoms with Gasteiger partial charge in [0.1, 0.15) is 0 Å². The van der Waals surface area contributed by atoms with Crippen molar-refractivity contribution in [2.75, 3.05) is 0 Å². The number of carbonyl (C=O) groups excluding carboxylic acids is 1. The Morgan fingerprint density at radius 2 is 1.56 bits per heavy atom. The third-order valence-electron chi connectivity index (χ3n) is 8.00. The van der Waals surface area contributed by atoms with E-state index in [4.69, 9.17) is 10.2 Å². The molecule has 206 valence electrons. The maximum absolute atomic E-state index is 13.5. The van der Waals surface area contributed by atoms with Crippen LogP contribution >= 0.6 is 0 Å². The average Bonchev–Trinajstić information content (AvgIpc) is 3.34. The van der Waals surface area contributed by atoms with Gasteiger partial charge in [0, 0.05) is 23.7 Å². The predicted molar refractivity (Wildman–Crippen MR) is 164 cm³/mol.